The van der Waals surface area contributed by atoms with Crippen molar-refractivity contribution in [2.24, 2.45) is 4.99 Å². The van der Waals surface area contributed by atoms with E-state index in [0.29, 0.717) is 22.7 Å². The van der Waals surface area contributed by atoms with E-state index in [2.05, 4.69) is 22.0 Å². The first-order chi connectivity index (χ1) is 19.3. The van der Waals surface area contributed by atoms with Crippen LogP contribution in [0.5, 0.6) is 17.2 Å². The summed E-state index contributed by atoms with van der Waals surface area (Å²) in [5.74, 6) is 1.03. The molecule has 9 nitrogen and oxygen atoms in total. The summed E-state index contributed by atoms with van der Waals surface area (Å²) in [6.07, 6.45) is 2.96. The topological polar surface area (TPSA) is 116 Å². The summed E-state index contributed by atoms with van der Waals surface area (Å²) in [6, 6.07) is 15.6. The average molecular weight is 620 g/mol. The number of halogens is 1. The highest BCUT2D eigenvalue weighted by Crippen LogP contribution is 2.44. The number of nitrogens with zero attached hydrogens (tertiary/aromatic N) is 3. The number of ether oxygens (including phenoxy) is 2. The molecule has 0 saturated heterocycles. The van der Waals surface area contributed by atoms with Crippen LogP contribution in [-0.2, 0) is 6.42 Å². The van der Waals surface area contributed by atoms with Crippen LogP contribution >= 0.6 is 27.3 Å². The maximum absolute atomic E-state index is 14.1. The first-order valence-corrected chi connectivity index (χ1v) is 13.9. The average Bonchev–Trinajstić information content (AvgIpc) is 3.27. The summed E-state index contributed by atoms with van der Waals surface area (Å²) in [5.41, 5.74) is 4.39. The Bertz CT molecular complexity index is 1930. The van der Waals surface area contributed by atoms with Crippen LogP contribution in [0.3, 0.4) is 0 Å². The van der Waals surface area contributed by atoms with Crippen LogP contribution in [0, 0.1) is 10.1 Å². The number of methoxy groups -OCH3 is 2. The SMILES string of the molecule is COc1ccc(OC)c([C@H]2C3=C(N=c4s/c(=C/c5cc([N+](=O)[O-])cc(Br)c5O)c(=O)n42)c2ccccc2CC3)c1. The number of aromatic hydroxyl groups is 1. The number of nitro groups is 1. The fourth-order valence-corrected chi connectivity index (χ4v) is 6.77. The Kier molecular flexibility index (Phi) is 6.55. The third-order valence-electron chi connectivity index (χ3n) is 7.18. The molecule has 3 aromatic carbocycles. The lowest BCUT2D eigenvalue weighted by atomic mass is 9.83. The van der Waals surface area contributed by atoms with Crippen molar-refractivity contribution < 1.29 is 19.5 Å². The second-order valence-corrected chi connectivity index (χ2v) is 11.2. The van der Waals surface area contributed by atoms with Crippen molar-refractivity contribution in [2.75, 3.05) is 14.2 Å². The fraction of sp³-hybridized carbons (Fsp3) is 0.172. The van der Waals surface area contributed by atoms with Gasteiger partial charge in [0.15, 0.2) is 4.80 Å². The lowest BCUT2D eigenvalue weighted by Gasteiger charge is -2.31. The minimum atomic E-state index is -0.552. The third-order valence-corrected chi connectivity index (χ3v) is 8.77. The molecule has 0 radical (unpaired) electrons. The molecule has 1 aliphatic heterocycles. The van der Waals surface area contributed by atoms with Crippen molar-refractivity contribution in [1.29, 1.82) is 0 Å². The van der Waals surface area contributed by atoms with E-state index in [-0.39, 0.29) is 31.6 Å². The monoisotopic (exact) mass is 619 g/mol. The Morgan fingerprint density at radius 1 is 1.15 bits per heavy atom. The largest absolute Gasteiger partial charge is 0.506 e. The van der Waals surface area contributed by atoms with Gasteiger partial charge in [0, 0.05) is 28.8 Å². The number of allylic oxidation sites excluding steroid dienone is 1. The Balaban J connectivity index is 1.66. The zero-order valence-corrected chi connectivity index (χ0v) is 23.8. The van der Waals surface area contributed by atoms with Gasteiger partial charge in [-0.3, -0.25) is 19.5 Å². The number of thiazole rings is 1. The van der Waals surface area contributed by atoms with Gasteiger partial charge in [0.1, 0.15) is 17.2 Å². The summed E-state index contributed by atoms with van der Waals surface area (Å²) >= 11 is 4.34. The molecule has 0 fully saturated rings. The molecule has 0 unspecified atom stereocenters. The number of aromatic nitrogens is 1. The van der Waals surface area contributed by atoms with Gasteiger partial charge in [0.25, 0.3) is 11.2 Å². The normalized spacial score (nSPS) is 16.1. The number of phenolic OH excluding ortho intramolecular Hbond substituents is 1. The number of hydrogen-bond donors (Lipinski definition) is 1. The molecular formula is C29H22BrN3O6S. The van der Waals surface area contributed by atoms with Crippen LogP contribution < -0.4 is 24.4 Å². The zero-order chi connectivity index (χ0) is 28.1. The third kappa shape index (κ3) is 4.22. The van der Waals surface area contributed by atoms with Gasteiger partial charge in [-0.25, -0.2) is 4.99 Å². The number of nitro benzene ring substituents is 1. The molecule has 4 aromatic rings. The maximum atomic E-state index is 14.1. The van der Waals surface area contributed by atoms with E-state index < -0.39 is 11.0 Å². The van der Waals surface area contributed by atoms with Crippen LogP contribution in [0.15, 0.2) is 74.4 Å². The van der Waals surface area contributed by atoms with Crippen molar-refractivity contribution in [2.45, 2.75) is 18.9 Å². The fourth-order valence-electron chi connectivity index (χ4n) is 5.31. The Morgan fingerprint density at radius 2 is 1.95 bits per heavy atom. The second kappa shape index (κ2) is 10.1. The summed E-state index contributed by atoms with van der Waals surface area (Å²) in [6.45, 7) is 0. The molecule has 1 aliphatic carbocycles. The van der Waals surface area contributed by atoms with Gasteiger partial charge in [-0.1, -0.05) is 35.6 Å². The molecule has 1 N–H and O–H groups in total. The van der Waals surface area contributed by atoms with Crippen LogP contribution in [0.4, 0.5) is 5.69 Å². The lowest BCUT2D eigenvalue weighted by Crippen LogP contribution is -2.39. The summed E-state index contributed by atoms with van der Waals surface area (Å²) in [7, 11) is 3.17. The maximum Gasteiger partial charge on any atom is 0.271 e. The molecule has 11 heteroatoms. The molecule has 1 aromatic heterocycles. The van der Waals surface area contributed by atoms with Gasteiger partial charge in [-0.2, -0.15) is 0 Å². The number of non-ortho nitro benzene ring substituents is 1. The second-order valence-electron chi connectivity index (χ2n) is 9.34. The van der Waals surface area contributed by atoms with Crippen molar-refractivity contribution in [3.63, 3.8) is 0 Å². The van der Waals surface area contributed by atoms with E-state index in [1.54, 1.807) is 24.9 Å². The Morgan fingerprint density at radius 3 is 2.70 bits per heavy atom. The van der Waals surface area contributed by atoms with Gasteiger partial charge in [-0.05, 0) is 64.2 Å². The van der Waals surface area contributed by atoms with Crippen molar-refractivity contribution >= 4 is 44.7 Å². The highest BCUT2D eigenvalue weighted by atomic mass is 79.9. The van der Waals surface area contributed by atoms with Crippen LogP contribution in [0.25, 0.3) is 11.8 Å². The molecular weight excluding hydrogens is 598 g/mol. The van der Waals surface area contributed by atoms with E-state index in [4.69, 9.17) is 14.5 Å². The standard InChI is InChI=1S/C29H22BrN3O6S/c1-38-18-8-10-23(39-2)21(14-18)26-20-9-7-15-5-3-4-6-19(15)25(20)31-29-32(26)28(35)24(40-29)12-16-11-17(33(36)37)13-22(30)27(16)34/h3-6,8,10-14,26,34H,7,9H2,1-2H3/b24-12+/t26-/m1/s1. The molecule has 202 valence electrons. The van der Waals surface area contributed by atoms with Crippen molar-refractivity contribution in [3.8, 4) is 17.2 Å². The number of aryl methyl sites for hydroxylation is 1. The number of rotatable bonds is 5. The highest BCUT2D eigenvalue weighted by Gasteiger charge is 2.34. The first kappa shape index (κ1) is 26.0. The molecule has 0 saturated carbocycles. The minimum Gasteiger partial charge on any atom is -0.506 e. The summed E-state index contributed by atoms with van der Waals surface area (Å²) in [5, 5.41) is 22.1. The predicted molar refractivity (Wildman–Crippen MR) is 155 cm³/mol. The van der Waals surface area contributed by atoms with Crippen LogP contribution in [0.1, 0.15) is 34.7 Å². The van der Waals surface area contributed by atoms with Gasteiger partial charge >= 0.3 is 0 Å². The highest BCUT2D eigenvalue weighted by molar-refractivity contribution is 9.10. The van der Waals surface area contributed by atoms with Gasteiger partial charge in [-0.15, -0.1) is 0 Å². The summed E-state index contributed by atoms with van der Waals surface area (Å²) < 4.78 is 13.3. The van der Waals surface area contributed by atoms with Gasteiger partial charge in [0.2, 0.25) is 0 Å². The molecule has 40 heavy (non-hydrogen) atoms. The van der Waals surface area contributed by atoms with E-state index in [9.17, 15) is 20.0 Å². The van der Waals surface area contributed by atoms with E-state index in [1.807, 2.05) is 30.3 Å². The Labute approximate surface area is 240 Å². The smallest absolute Gasteiger partial charge is 0.271 e. The molecule has 0 bridgehead atoms. The number of phenols is 1. The molecule has 0 amide bonds. The predicted octanol–water partition coefficient (Wildman–Crippen LogP) is 4.71. The van der Waals surface area contributed by atoms with Crippen LogP contribution in [-0.4, -0.2) is 28.8 Å². The van der Waals surface area contributed by atoms with Gasteiger partial charge in [0.05, 0.1) is 39.9 Å². The van der Waals surface area contributed by atoms with Crippen molar-refractivity contribution in [1.82, 2.24) is 4.57 Å². The van der Waals surface area contributed by atoms with Crippen molar-refractivity contribution in [3.05, 3.63) is 117 Å². The number of benzene rings is 3. The quantitative estimate of drug-likeness (QED) is 0.255. The number of fused-ring (bicyclic) bond motifs is 3. The van der Waals surface area contributed by atoms with E-state index in [1.165, 1.54) is 23.8 Å². The first-order valence-electron chi connectivity index (χ1n) is 12.3. The van der Waals surface area contributed by atoms with Crippen LogP contribution in [0.2, 0.25) is 0 Å². The number of hydrogen-bond acceptors (Lipinski definition) is 8. The molecule has 6 rings (SSSR count). The Hall–Kier alpha value is -4.22. The lowest BCUT2D eigenvalue weighted by molar-refractivity contribution is -0.385. The molecule has 2 heterocycles. The zero-order valence-electron chi connectivity index (χ0n) is 21.4. The van der Waals surface area contributed by atoms with Gasteiger partial charge < -0.3 is 14.6 Å². The minimum absolute atomic E-state index is 0.149. The molecule has 2 aliphatic rings. The van der Waals surface area contributed by atoms with E-state index in [0.717, 1.165) is 40.2 Å². The van der Waals surface area contributed by atoms with E-state index >= 15 is 0 Å². The molecule has 1 atom stereocenters. The summed E-state index contributed by atoms with van der Waals surface area (Å²) in [4.78, 5) is 30.4. The molecule has 0 spiro atoms.